The monoisotopic (exact) mass is 287 g/mol. The first kappa shape index (κ1) is 15.0. The van der Waals surface area contributed by atoms with Crippen LogP contribution in [-0.4, -0.2) is 36.0 Å². The molecular formula is C15H21N5O. The van der Waals surface area contributed by atoms with Gasteiger partial charge in [-0.3, -0.25) is 4.79 Å². The van der Waals surface area contributed by atoms with E-state index in [0.717, 1.165) is 10.9 Å². The summed E-state index contributed by atoms with van der Waals surface area (Å²) in [7, 11) is 1.82. The number of benzene rings is 1. The summed E-state index contributed by atoms with van der Waals surface area (Å²) >= 11 is 0. The third kappa shape index (κ3) is 3.81. The van der Waals surface area contributed by atoms with Gasteiger partial charge in [0.05, 0.1) is 12.1 Å². The van der Waals surface area contributed by atoms with Crippen molar-refractivity contribution in [3.63, 3.8) is 0 Å². The smallest absolute Gasteiger partial charge is 0.239 e. The third-order valence-electron chi connectivity index (χ3n) is 3.05. The number of nitrogen functional groups attached to an aromatic ring is 1. The number of rotatable bonds is 5. The van der Waals surface area contributed by atoms with Crippen LogP contribution in [0.15, 0.2) is 24.3 Å². The predicted molar refractivity (Wildman–Crippen MR) is 85.1 cm³/mol. The molecule has 1 heterocycles. The summed E-state index contributed by atoms with van der Waals surface area (Å²) in [4.78, 5) is 22.2. The zero-order valence-corrected chi connectivity index (χ0v) is 12.6. The van der Waals surface area contributed by atoms with E-state index in [0.29, 0.717) is 18.3 Å². The van der Waals surface area contributed by atoms with E-state index in [1.807, 2.05) is 31.3 Å². The molecule has 2 aromatic rings. The molecule has 3 N–H and O–H groups in total. The molecule has 1 amide bonds. The van der Waals surface area contributed by atoms with Gasteiger partial charge in [0.25, 0.3) is 0 Å². The van der Waals surface area contributed by atoms with E-state index < -0.39 is 0 Å². The zero-order chi connectivity index (χ0) is 15.4. The highest BCUT2D eigenvalue weighted by Crippen LogP contribution is 2.23. The number of amides is 1. The molecule has 0 aliphatic rings. The fourth-order valence-electron chi connectivity index (χ4n) is 2.03. The van der Waals surface area contributed by atoms with Gasteiger partial charge in [0, 0.05) is 19.0 Å². The minimum atomic E-state index is -0.0348. The molecule has 0 saturated heterocycles. The summed E-state index contributed by atoms with van der Waals surface area (Å²) in [5.74, 6) is 1.26. The van der Waals surface area contributed by atoms with E-state index in [1.165, 1.54) is 0 Å². The topological polar surface area (TPSA) is 84.1 Å². The summed E-state index contributed by atoms with van der Waals surface area (Å²) in [6.07, 6.45) is 0. The Bertz CT molecular complexity index is 641. The Hall–Kier alpha value is -2.37. The van der Waals surface area contributed by atoms with Gasteiger partial charge in [-0.2, -0.15) is 4.98 Å². The quantitative estimate of drug-likeness (QED) is 0.869. The van der Waals surface area contributed by atoms with Gasteiger partial charge in [0.1, 0.15) is 5.82 Å². The molecule has 0 aliphatic carbocycles. The lowest BCUT2D eigenvalue weighted by molar-refractivity contribution is -0.119. The van der Waals surface area contributed by atoms with Gasteiger partial charge in [-0.1, -0.05) is 26.0 Å². The number of anilines is 2. The van der Waals surface area contributed by atoms with Crippen LogP contribution in [0, 0.1) is 5.92 Å². The molecule has 0 radical (unpaired) electrons. The second kappa shape index (κ2) is 6.39. The molecular weight excluding hydrogens is 266 g/mol. The average molecular weight is 287 g/mol. The van der Waals surface area contributed by atoms with Crippen LogP contribution < -0.4 is 16.0 Å². The molecule has 1 aromatic carbocycles. The maximum atomic E-state index is 11.9. The molecule has 21 heavy (non-hydrogen) atoms. The first-order valence-electron chi connectivity index (χ1n) is 6.97. The number of fused-ring (bicyclic) bond motifs is 1. The number of nitrogens with one attached hydrogen (secondary N) is 1. The van der Waals surface area contributed by atoms with Gasteiger partial charge in [-0.25, -0.2) is 4.98 Å². The molecule has 6 heteroatoms. The van der Waals surface area contributed by atoms with Crippen LogP contribution in [0.25, 0.3) is 10.9 Å². The first-order valence-corrected chi connectivity index (χ1v) is 6.97. The van der Waals surface area contributed by atoms with Gasteiger partial charge >= 0.3 is 0 Å². The maximum Gasteiger partial charge on any atom is 0.239 e. The second-order valence-corrected chi connectivity index (χ2v) is 5.48. The average Bonchev–Trinajstić information content (AvgIpc) is 2.44. The highest BCUT2D eigenvalue weighted by Gasteiger charge is 2.13. The Morgan fingerprint density at radius 2 is 2.05 bits per heavy atom. The van der Waals surface area contributed by atoms with E-state index in [4.69, 9.17) is 5.73 Å². The fraction of sp³-hybridized carbons (Fsp3) is 0.400. The SMILES string of the molecule is CC(C)CNC(=O)CN(C)c1nc(N)nc2ccccc12. The van der Waals surface area contributed by atoms with Crippen LogP contribution in [0.4, 0.5) is 11.8 Å². The van der Waals surface area contributed by atoms with Crippen LogP contribution in [0.2, 0.25) is 0 Å². The Kier molecular flexibility index (Phi) is 4.57. The summed E-state index contributed by atoms with van der Waals surface area (Å²) in [5, 5.41) is 3.77. The molecule has 6 nitrogen and oxygen atoms in total. The van der Waals surface area contributed by atoms with Crippen LogP contribution in [-0.2, 0) is 4.79 Å². The largest absolute Gasteiger partial charge is 0.368 e. The molecule has 0 unspecified atom stereocenters. The number of hydrogen-bond acceptors (Lipinski definition) is 5. The van der Waals surface area contributed by atoms with Crippen LogP contribution in [0.5, 0.6) is 0 Å². The Balaban J connectivity index is 2.19. The predicted octanol–water partition coefficient (Wildman–Crippen LogP) is 1.42. The molecule has 112 valence electrons. The van der Waals surface area contributed by atoms with Crippen molar-refractivity contribution >= 4 is 28.6 Å². The van der Waals surface area contributed by atoms with E-state index in [2.05, 4.69) is 29.1 Å². The lowest BCUT2D eigenvalue weighted by atomic mass is 10.2. The number of aromatic nitrogens is 2. The highest BCUT2D eigenvalue weighted by atomic mass is 16.2. The van der Waals surface area contributed by atoms with Crippen molar-refractivity contribution in [1.82, 2.24) is 15.3 Å². The van der Waals surface area contributed by atoms with Crippen molar-refractivity contribution in [3.05, 3.63) is 24.3 Å². The van der Waals surface area contributed by atoms with Crippen LogP contribution >= 0.6 is 0 Å². The van der Waals surface area contributed by atoms with Crippen molar-refractivity contribution in [2.75, 3.05) is 30.8 Å². The molecule has 0 aliphatic heterocycles. The van der Waals surface area contributed by atoms with Gasteiger partial charge in [-0.15, -0.1) is 0 Å². The van der Waals surface area contributed by atoms with Gasteiger partial charge in [0.15, 0.2) is 0 Å². The number of para-hydroxylation sites is 1. The molecule has 0 bridgehead atoms. The summed E-state index contributed by atoms with van der Waals surface area (Å²) in [5.41, 5.74) is 6.51. The summed E-state index contributed by atoms with van der Waals surface area (Å²) < 4.78 is 0. The number of likely N-dealkylation sites (N-methyl/N-ethyl adjacent to an activating group) is 1. The standard InChI is InChI=1S/C15H21N5O/c1-10(2)8-17-13(21)9-20(3)14-11-6-4-5-7-12(11)18-15(16)19-14/h4-7,10H,8-9H2,1-3H3,(H,17,21)(H2,16,18,19). The van der Waals surface area contributed by atoms with E-state index in [-0.39, 0.29) is 18.4 Å². The van der Waals surface area contributed by atoms with Crippen molar-refractivity contribution in [2.24, 2.45) is 5.92 Å². The van der Waals surface area contributed by atoms with Crippen molar-refractivity contribution < 1.29 is 4.79 Å². The van der Waals surface area contributed by atoms with Gasteiger partial charge in [-0.05, 0) is 18.1 Å². The van der Waals surface area contributed by atoms with E-state index >= 15 is 0 Å². The van der Waals surface area contributed by atoms with Crippen molar-refractivity contribution in [1.29, 1.82) is 0 Å². The lowest BCUT2D eigenvalue weighted by Gasteiger charge is -2.20. The van der Waals surface area contributed by atoms with E-state index in [9.17, 15) is 4.79 Å². The minimum absolute atomic E-state index is 0.0348. The van der Waals surface area contributed by atoms with E-state index in [1.54, 1.807) is 4.90 Å². The fourth-order valence-corrected chi connectivity index (χ4v) is 2.03. The minimum Gasteiger partial charge on any atom is -0.368 e. The molecule has 0 saturated carbocycles. The van der Waals surface area contributed by atoms with Crippen molar-refractivity contribution in [2.45, 2.75) is 13.8 Å². The first-order chi connectivity index (χ1) is 9.97. The summed E-state index contributed by atoms with van der Waals surface area (Å²) in [6.45, 7) is 5.01. The normalized spacial score (nSPS) is 10.9. The van der Waals surface area contributed by atoms with Crippen molar-refractivity contribution in [3.8, 4) is 0 Å². The molecule has 1 aromatic heterocycles. The number of nitrogens with two attached hydrogens (primary N) is 1. The number of carbonyl (C=O) groups excluding carboxylic acids is 1. The lowest BCUT2D eigenvalue weighted by Crippen LogP contribution is -2.37. The number of carbonyl (C=O) groups is 1. The zero-order valence-electron chi connectivity index (χ0n) is 12.6. The number of nitrogens with zero attached hydrogens (tertiary/aromatic N) is 3. The third-order valence-corrected chi connectivity index (χ3v) is 3.05. The Morgan fingerprint density at radius 3 is 2.76 bits per heavy atom. The Morgan fingerprint density at radius 1 is 1.33 bits per heavy atom. The molecule has 0 atom stereocenters. The Labute approximate surface area is 124 Å². The highest BCUT2D eigenvalue weighted by molar-refractivity contribution is 5.92. The number of hydrogen-bond donors (Lipinski definition) is 2. The van der Waals surface area contributed by atoms with Gasteiger partial charge in [0.2, 0.25) is 11.9 Å². The van der Waals surface area contributed by atoms with Crippen LogP contribution in [0.1, 0.15) is 13.8 Å². The van der Waals surface area contributed by atoms with Crippen LogP contribution in [0.3, 0.4) is 0 Å². The summed E-state index contributed by atoms with van der Waals surface area (Å²) in [6, 6.07) is 7.61. The second-order valence-electron chi connectivity index (χ2n) is 5.48. The molecule has 2 rings (SSSR count). The molecule has 0 fully saturated rings. The molecule has 0 spiro atoms. The maximum absolute atomic E-state index is 11.9. The van der Waals surface area contributed by atoms with Gasteiger partial charge < -0.3 is 16.0 Å².